The quantitative estimate of drug-likeness (QED) is 0.674. The third kappa shape index (κ3) is 5.87. The highest BCUT2D eigenvalue weighted by Gasteiger charge is 2.31. The molecule has 0 aromatic heterocycles. The molecule has 0 aliphatic carbocycles. The number of carbonyl (C=O) groups excluding carboxylic acids is 1. The Labute approximate surface area is 172 Å². The third-order valence-electron chi connectivity index (χ3n) is 4.34. The van der Waals surface area contributed by atoms with E-state index in [4.69, 9.17) is 9.47 Å². The molecule has 0 aliphatic rings. The van der Waals surface area contributed by atoms with E-state index in [-0.39, 0.29) is 6.54 Å². The molecule has 0 radical (unpaired) electrons. The van der Waals surface area contributed by atoms with Crippen molar-refractivity contribution in [3.63, 3.8) is 0 Å². The van der Waals surface area contributed by atoms with Crippen molar-refractivity contribution in [2.24, 2.45) is 0 Å². The third-order valence-corrected chi connectivity index (χ3v) is 5.56. The van der Waals surface area contributed by atoms with Gasteiger partial charge in [-0.2, -0.15) is 0 Å². The molecule has 1 N–H and O–H groups in total. The van der Waals surface area contributed by atoms with Gasteiger partial charge in [0.05, 0.1) is 25.7 Å². The number of methoxy groups -OCH3 is 1. The fraction of sp³-hybridized carbons (Fsp3) is 0.381. The minimum absolute atomic E-state index is 0.257. The summed E-state index contributed by atoms with van der Waals surface area (Å²) in [5, 5.41) is 2.80. The first-order chi connectivity index (χ1) is 13.7. The molecule has 1 atom stereocenters. The van der Waals surface area contributed by atoms with E-state index in [1.165, 1.54) is 7.11 Å². The number of amides is 1. The SMILES string of the molecule is CCOc1cccc(CNC(=O)[C@@H](C)N(c2cc(C)ccc2OC)S(C)(=O)=O)c1. The van der Waals surface area contributed by atoms with Crippen molar-refractivity contribution in [1.29, 1.82) is 0 Å². The number of hydrogen-bond acceptors (Lipinski definition) is 5. The van der Waals surface area contributed by atoms with Gasteiger partial charge in [0, 0.05) is 6.54 Å². The number of nitrogens with one attached hydrogen (secondary N) is 1. The van der Waals surface area contributed by atoms with E-state index in [0.29, 0.717) is 18.0 Å². The molecule has 0 spiro atoms. The summed E-state index contributed by atoms with van der Waals surface area (Å²) in [4.78, 5) is 12.8. The Morgan fingerprint density at radius 1 is 1.21 bits per heavy atom. The largest absolute Gasteiger partial charge is 0.495 e. The van der Waals surface area contributed by atoms with Gasteiger partial charge in [0.1, 0.15) is 17.5 Å². The van der Waals surface area contributed by atoms with E-state index in [0.717, 1.165) is 27.4 Å². The Bertz CT molecular complexity index is 959. The van der Waals surface area contributed by atoms with Crippen LogP contribution in [0.1, 0.15) is 25.0 Å². The summed E-state index contributed by atoms with van der Waals surface area (Å²) in [5.74, 6) is 0.681. The van der Waals surface area contributed by atoms with Crippen LogP contribution < -0.4 is 19.1 Å². The van der Waals surface area contributed by atoms with Crippen molar-refractivity contribution in [3.05, 3.63) is 53.6 Å². The zero-order valence-corrected chi connectivity index (χ0v) is 18.2. The number of sulfonamides is 1. The molecule has 7 nitrogen and oxygen atoms in total. The molecular formula is C21H28N2O5S. The molecule has 2 aromatic carbocycles. The first-order valence-corrected chi connectivity index (χ1v) is 11.2. The lowest BCUT2D eigenvalue weighted by Gasteiger charge is -2.29. The molecule has 0 saturated carbocycles. The van der Waals surface area contributed by atoms with Crippen LogP contribution >= 0.6 is 0 Å². The molecule has 0 saturated heterocycles. The van der Waals surface area contributed by atoms with Crippen molar-refractivity contribution in [1.82, 2.24) is 5.32 Å². The van der Waals surface area contributed by atoms with Crippen LogP contribution in [0.5, 0.6) is 11.5 Å². The number of rotatable bonds is 9. The maximum atomic E-state index is 12.8. The number of anilines is 1. The van der Waals surface area contributed by atoms with Crippen LogP contribution in [-0.2, 0) is 21.4 Å². The number of benzene rings is 2. The Hall–Kier alpha value is -2.74. The first-order valence-electron chi connectivity index (χ1n) is 9.30. The Kier molecular flexibility index (Phi) is 7.50. The molecule has 0 aliphatic heterocycles. The van der Waals surface area contributed by atoms with E-state index in [2.05, 4.69) is 5.32 Å². The molecule has 8 heteroatoms. The summed E-state index contributed by atoms with van der Waals surface area (Å²) in [5.41, 5.74) is 2.04. The van der Waals surface area contributed by atoms with Crippen LogP contribution in [0.25, 0.3) is 0 Å². The first kappa shape index (κ1) is 22.5. The minimum atomic E-state index is -3.74. The second-order valence-electron chi connectivity index (χ2n) is 6.71. The summed E-state index contributed by atoms with van der Waals surface area (Å²) < 4.78 is 36.9. The monoisotopic (exact) mass is 420 g/mol. The van der Waals surface area contributed by atoms with E-state index in [9.17, 15) is 13.2 Å². The van der Waals surface area contributed by atoms with Crippen LogP contribution in [0.4, 0.5) is 5.69 Å². The van der Waals surface area contributed by atoms with Gasteiger partial charge < -0.3 is 14.8 Å². The molecule has 0 fully saturated rings. The molecule has 1 amide bonds. The molecule has 0 bridgehead atoms. The van der Waals surface area contributed by atoms with Crippen LogP contribution in [0.15, 0.2) is 42.5 Å². The van der Waals surface area contributed by atoms with Gasteiger partial charge in [-0.15, -0.1) is 0 Å². The molecule has 0 unspecified atom stereocenters. The lowest BCUT2D eigenvalue weighted by atomic mass is 10.1. The maximum Gasteiger partial charge on any atom is 0.243 e. The zero-order chi connectivity index (χ0) is 21.6. The van der Waals surface area contributed by atoms with E-state index in [1.54, 1.807) is 19.1 Å². The van der Waals surface area contributed by atoms with Gasteiger partial charge >= 0.3 is 0 Å². The number of nitrogens with zero attached hydrogens (tertiary/aromatic N) is 1. The van der Waals surface area contributed by atoms with Gasteiger partial charge in [-0.1, -0.05) is 18.2 Å². The number of hydrogen-bond donors (Lipinski definition) is 1. The lowest BCUT2D eigenvalue weighted by molar-refractivity contribution is -0.122. The van der Waals surface area contributed by atoms with Crippen molar-refractivity contribution in [2.45, 2.75) is 33.4 Å². The van der Waals surface area contributed by atoms with Gasteiger partial charge in [-0.05, 0) is 56.2 Å². The van der Waals surface area contributed by atoms with Gasteiger partial charge in [-0.3, -0.25) is 9.10 Å². The fourth-order valence-electron chi connectivity index (χ4n) is 3.00. The van der Waals surface area contributed by atoms with Crippen LogP contribution in [0.2, 0.25) is 0 Å². The fourth-order valence-corrected chi connectivity index (χ4v) is 4.17. The predicted molar refractivity (Wildman–Crippen MR) is 114 cm³/mol. The van der Waals surface area contributed by atoms with Crippen LogP contribution in [-0.4, -0.2) is 40.3 Å². The number of carbonyl (C=O) groups is 1. The summed E-state index contributed by atoms with van der Waals surface area (Å²) in [6.45, 7) is 6.10. The lowest BCUT2D eigenvalue weighted by Crippen LogP contribution is -2.47. The van der Waals surface area contributed by atoms with Gasteiger partial charge in [0.25, 0.3) is 0 Å². The second-order valence-corrected chi connectivity index (χ2v) is 8.57. The smallest absolute Gasteiger partial charge is 0.243 e. The highest BCUT2D eigenvalue weighted by Crippen LogP contribution is 2.32. The normalized spacial score (nSPS) is 12.2. The van der Waals surface area contributed by atoms with Crippen molar-refractivity contribution < 1.29 is 22.7 Å². The molecule has 29 heavy (non-hydrogen) atoms. The van der Waals surface area contributed by atoms with Gasteiger partial charge in [0.15, 0.2) is 0 Å². The molecule has 2 rings (SSSR count). The van der Waals surface area contributed by atoms with Gasteiger partial charge in [0.2, 0.25) is 15.9 Å². The summed E-state index contributed by atoms with van der Waals surface area (Å²) in [6.07, 6.45) is 1.07. The van der Waals surface area contributed by atoms with Crippen molar-refractivity contribution >= 4 is 21.6 Å². The van der Waals surface area contributed by atoms with Gasteiger partial charge in [-0.25, -0.2) is 8.42 Å². The van der Waals surface area contributed by atoms with Crippen molar-refractivity contribution in [2.75, 3.05) is 24.3 Å². The van der Waals surface area contributed by atoms with E-state index in [1.807, 2.05) is 44.2 Å². The van der Waals surface area contributed by atoms with E-state index < -0.39 is 22.0 Å². The van der Waals surface area contributed by atoms with Crippen LogP contribution in [0, 0.1) is 6.92 Å². The highest BCUT2D eigenvalue weighted by atomic mass is 32.2. The summed E-state index contributed by atoms with van der Waals surface area (Å²) >= 11 is 0. The topological polar surface area (TPSA) is 84.9 Å². The standard InChI is InChI=1S/C21H28N2O5S/c1-6-28-18-9-7-8-17(13-18)14-22-21(24)16(3)23(29(5,25)26)19-12-15(2)10-11-20(19)27-4/h7-13,16H,6,14H2,1-5H3,(H,22,24)/t16-/m1/s1. The number of aryl methyl sites for hydroxylation is 1. The molecule has 158 valence electrons. The van der Waals surface area contributed by atoms with Crippen molar-refractivity contribution in [3.8, 4) is 11.5 Å². The highest BCUT2D eigenvalue weighted by molar-refractivity contribution is 7.92. The Morgan fingerprint density at radius 2 is 1.93 bits per heavy atom. The second kappa shape index (κ2) is 9.65. The zero-order valence-electron chi connectivity index (χ0n) is 17.4. The average molecular weight is 421 g/mol. The predicted octanol–water partition coefficient (Wildman–Crippen LogP) is 2.87. The minimum Gasteiger partial charge on any atom is -0.495 e. The van der Waals surface area contributed by atoms with E-state index >= 15 is 0 Å². The van der Waals surface area contributed by atoms with Crippen LogP contribution in [0.3, 0.4) is 0 Å². The Morgan fingerprint density at radius 3 is 2.55 bits per heavy atom. The maximum absolute atomic E-state index is 12.8. The molecule has 2 aromatic rings. The average Bonchev–Trinajstić information content (AvgIpc) is 2.66. The number of ether oxygens (including phenoxy) is 2. The molecular weight excluding hydrogens is 392 g/mol. The molecule has 0 heterocycles. The summed E-state index contributed by atoms with van der Waals surface area (Å²) in [6, 6.07) is 11.6. The Balaban J connectivity index is 2.24. The summed E-state index contributed by atoms with van der Waals surface area (Å²) in [7, 11) is -2.27.